The minimum Gasteiger partial charge on any atom is -0.496 e. The third-order valence-corrected chi connectivity index (χ3v) is 3.16. The van der Waals surface area contributed by atoms with Crippen LogP contribution in [-0.2, 0) is 0 Å². The SMILES string of the molecule is COc1cc(Br)ccc1C(=O)Nc1ccc(F)cc1N. The molecule has 0 aliphatic rings. The summed E-state index contributed by atoms with van der Waals surface area (Å²) >= 11 is 3.30. The fraction of sp³-hybridized carbons (Fsp3) is 0.0714. The molecule has 2 aromatic rings. The molecule has 0 bridgehead atoms. The first-order chi connectivity index (χ1) is 9.51. The van der Waals surface area contributed by atoms with Crippen molar-refractivity contribution >= 4 is 33.2 Å². The van der Waals surface area contributed by atoms with Gasteiger partial charge in [-0.3, -0.25) is 4.79 Å². The molecule has 0 aliphatic carbocycles. The van der Waals surface area contributed by atoms with Gasteiger partial charge in [0.25, 0.3) is 5.91 Å². The number of benzene rings is 2. The Kier molecular flexibility index (Phi) is 4.24. The summed E-state index contributed by atoms with van der Waals surface area (Å²) in [6, 6.07) is 8.82. The topological polar surface area (TPSA) is 64.3 Å². The van der Waals surface area contributed by atoms with E-state index in [1.165, 1.54) is 19.2 Å². The number of methoxy groups -OCH3 is 1. The molecule has 0 saturated heterocycles. The van der Waals surface area contributed by atoms with Gasteiger partial charge >= 0.3 is 0 Å². The number of amides is 1. The van der Waals surface area contributed by atoms with E-state index in [0.717, 1.165) is 10.5 Å². The fourth-order valence-corrected chi connectivity index (χ4v) is 2.03. The summed E-state index contributed by atoms with van der Waals surface area (Å²) in [6.07, 6.45) is 0. The van der Waals surface area contributed by atoms with Gasteiger partial charge in [0.2, 0.25) is 0 Å². The Morgan fingerprint density at radius 1 is 1.30 bits per heavy atom. The van der Waals surface area contributed by atoms with Crippen LogP contribution in [-0.4, -0.2) is 13.0 Å². The number of nitrogens with two attached hydrogens (primary N) is 1. The highest BCUT2D eigenvalue weighted by Crippen LogP contribution is 2.26. The van der Waals surface area contributed by atoms with E-state index >= 15 is 0 Å². The van der Waals surface area contributed by atoms with Gasteiger partial charge in [0.15, 0.2) is 0 Å². The normalized spacial score (nSPS) is 10.2. The van der Waals surface area contributed by atoms with Gasteiger partial charge in [0.1, 0.15) is 11.6 Å². The smallest absolute Gasteiger partial charge is 0.259 e. The van der Waals surface area contributed by atoms with Crippen molar-refractivity contribution in [2.45, 2.75) is 0 Å². The van der Waals surface area contributed by atoms with Gasteiger partial charge in [-0.2, -0.15) is 0 Å². The van der Waals surface area contributed by atoms with E-state index in [1.807, 2.05) is 0 Å². The number of nitrogens with one attached hydrogen (secondary N) is 1. The molecule has 0 atom stereocenters. The lowest BCUT2D eigenvalue weighted by molar-refractivity contribution is 0.102. The van der Waals surface area contributed by atoms with E-state index in [-0.39, 0.29) is 11.6 Å². The van der Waals surface area contributed by atoms with Crippen LogP contribution in [0.3, 0.4) is 0 Å². The van der Waals surface area contributed by atoms with Crippen molar-refractivity contribution in [3.8, 4) is 5.75 Å². The van der Waals surface area contributed by atoms with Crippen LogP contribution in [0.5, 0.6) is 5.75 Å². The van der Waals surface area contributed by atoms with Gasteiger partial charge in [0.05, 0.1) is 24.0 Å². The highest BCUT2D eigenvalue weighted by Gasteiger charge is 2.14. The summed E-state index contributed by atoms with van der Waals surface area (Å²) in [5.41, 5.74) is 6.52. The van der Waals surface area contributed by atoms with Crippen molar-refractivity contribution in [2.75, 3.05) is 18.2 Å². The average molecular weight is 339 g/mol. The third-order valence-electron chi connectivity index (χ3n) is 2.67. The van der Waals surface area contributed by atoms with Crippen LogP contribution < -0.4 is 15.8 Å². The minimum absolute atomic E-state index is 0.162. The maximum absolute atomic E-state index is 13.0. The number of rotatable bonds is 3. The number of carbonyl (C=O) groups is 1. The zero-order valence-corrected chi connectivity index (χ0v) is 12.2. The maximum Gasteiger partial charge on any atom is 0.259 e. The molecule has 3 N–H and O–H groups in total. The van der Waals surface area contributed by atoms with Gasteiger partial charge in [-0.05, 0) is 36.4 Å². The van der Waals surface area contributed by atoms with Crippen LogP contribution in [0.1, 0.15) is 10.4 Å². The first kappa shape index (κ1) is 14.3. The lowest BCUT2D eigenvalue weighted by Crippen LogP contribution is -2.14. The van der Waals surface area contributed by atoms with Crippen molar-refractivity contribution in [1.82, 2.24) is 0 Å². The Labute approximate surface area is 123 Å². The highest BCUT2D eigenvalue weighted by molar-refractivity contribution is 9.10. The van der Waals surface area contributed by atoms with E-state index in [2.05, 4.69) is 21.2 Å². The summed E-state index contributed by atoms with van der Waals surface area (Å²) in [5, 5.41) is 2.62. The number of anilines is 2. The van der Waals surface area contributed by atoms with Gasteiger partial charge in [-0.15, -0.1) is 0 Å². The van der Waals surface area contributed by atoms with Gasteiger partial charge < -0.3 is 15.8 Å². The van der Waals surface area contributed by atoms with E-state index in [1.54, 1.807) is 18.2 Å². The molecule has 104 valence electrons. The van der Waals surface area contributed by atoms with E-state index < -0.39 is 5.82 Å². The standard InChI is InChI=1S/C14H12BrFN2O2/c1-20-13-6-8(15)2-4-10(13)14(19)18-12-5-3-9(16)7-11(12)17/h2-7H,17H2,1H3,(H,18,19). The molecule has 0 spiro atoms. The Morgan fingerprint density at radius 2 is 2.05 bits per heavy atom. The molecule has 0 aliphatic heterocycles. The molecule has 20 heavy (non-hydrogen) atoms. The van der Waals surface area contributed by atoms with Crippen LogP contribution in [0.4, 0.5) is 15.8 Å². The zero-order chi connectivity index (χ0) is 14.7. The number of halogens is 2. The molecule has 2 rings (SSSR count). The van der Waals surface area contributed by atoms with E-state index in [9.17, 15) is 9.18 Å². The predicted molar refractivity (Wildman–Crippen MR) is 79.5 cm³/mol. The van der Waals surface area contributed by atoms with Crippen molar-refractivity contribution in [2.24, 2.45) is 0 Å². The molecular weight excluding hydrogens is 327 g/mol. The molecule has 0 aromatic heterocycles. The molecule has 0 heterocycles. The molecule has 0 fully saturated rings. The van der Waals surface area contributed by atoms with Crippen molar-refractivity contribution < 1.29 is 13.9 Å². The second-order valence-electron chi connectivity index (χ2n) is 4.03. The largest absolute Gasteiger partial charge is 0.496 e. The monoisotopic (exact) mass is 338 g/mol. The van der Waals surface area contributed by atoms with Crippen LogP contribution in [0, 0.1) is 5.82 Å². The molecule has 6 heteroatoms. The predicted octanol–water partition coefficient (Wildman–Crippen LogP) is 3.43. The molecule has 2 aromatic carbocycles. The molecule has 0 saturated carbocycles. The first-order valence-corrected chi connectivity index (χ1v) is 6.50. The Morgan fingerprint density at radius 3 is 2.70 bits per heavy atom. The molecule has 0 unspecified atom stereocenters. The van der Waals surface area contributed by atoms with Gasteiger partial charge in [0, 0.05) is 4.47 Å². The summed E-state index contributed by atoms with van der Waals surface area (Å²) in [5.74, 6) is -0.410. The van der Waals surface area contributed by atoms with E-state index in [4.69, 9.17) is 10.5 Å². The summed E-state index contributed by atoms with van der Waals surface area (Å²) in [7, 11) is 1.48. The lowest BCUT2D eigenvalue weighted by Gasteiger charge is -2.11. The molecule has 0 radical (unpaired) electrons. The van der Waals surface area contributed by atoms with Crippen LogP contribution in [0.25, 0.3) is 0 Å². The van der Waals surface area contributed by atoms with Crippen molar-refractivity contribution in [1.29, 1.82) is 0 Å². The second kappa shape index (κ2) is 5.92. The number of carbonyl (C=O) groups excluding carboxylic acids is 1. The number of ether oxygens (including phenoxy) is 1. The van der Waals surface area contributed by atoms with Crippen LogP contribution in [0.15, 0.2) is 40.9 Å². The van der Waals surface area contributed by atoms with Crippen molar-refractivity contribution in [3.05, 3.63) is 52.3 Å². The third kappa shape index (κ3) is 3.08. The Hall–Kier alpha value is -2.08. The quantitative estimate of drug-likeness (QED) is 0.842. The Bertz CT molecular complexity index is 662. The Balaban J connectivity index is 2.28. The first-order valence-electron chi connectivity index (χ1n) is 5.71. The molecular formula is C14H12BrFN2O2. The fourth-order valence-electron chi connectivity index (χ4n) is 1.69. The maximum atomic E-state index is 13.0. The number of nitrogen functional groups attached to an aromatic ring is 1. The molecule has 1 amide bonds. The number of hydrogen-bond acceptors (Lipinski definition) is 3. The highest BCUT2D eigenvalue weighted by atomic mass is 79.9. The zero-order valence-electron chi connectivity index (χ0n) is 10.6. The van der Waals surface area contributed by atoms with Gasteiger partial charge in [-0.25, -0.2) is 4.39 Å². The summed E-state index contributed by atoms with van der Waals surface area (Å²) in [6.45, 7) is 0. The number of hydrogen-bond donors (Lipinski definition) is 2. The van der Waals surface area contributed by atoms with E-state index in [0.29, 0.717) is 17.0 Å². The van der Waals surface area contributed by atoms with Gasteiger partial charge in [-0.1, -0.05) is 15.9 Å². The second-order valence-corrected chi connectivity index (χ2v) is 4.95. The minimum atomic E-state index is -0.457. The summed E-state index contributed by atoms with van der Waals surface area (Å²) < 4.78 is 18.9. The van der Waals surface area contributed by atoms with Crippen LogP contribution in [0.2, 0.25) is 0 Å². The van der Waals surface area contributed by atoms with Crippen molar-refractivity contribution in [3.63, 3.8) is 0 Å². The molecule has 4 nitrogen and oxygen atoms in total. The summed E-state index contributed by atoms with van der Waals surface area (Å²) in [4.78, 5) is 12.2. The average Bonchev–Trinajstić information content (AvgIpc) is 2.41. The van der Waals surface area contributed by atoms with Crippen LogP contribution >= 0.6 is 15.9 Å². The lowest BCUT2D eigenvalue weighted by atomic mass is 10.1.